The highest BCUT2D eigenvalue weighted by molar-refractivity contribution is 7.80. The lowest BCUT2D eigenvalue weighted by Crippen LogP contribution is -2.23. The summed E-state index contributed by atoms with van der Waals surface area (Å²) in [6.45, 7) is 0.109. The number of hydrogen-bond acceptors (Lipinski definition) is 4. The van der Waals surface area contributed by atoms with Gasteiger partial charge in [-0.2, -0.15) is 5.10 Å². The molecule has 0 aliphatic carbocycles. The van der Waals surface area contributed by atoms with E-state index in [1.165, 1.54) is 6.07 Å². The Kier molecular flexibility index (Phi) is 7.13. The average Bonchev–Trinajstić information content (AvgIpc) is 2.74. The van der Waals surface area contributed by atoms with Gasteiger partial charge in [0.15, 0.2) is 16.6 Å². The Morgan fingerprint density at radius 3 is 2.55 bits per heavy atom. The van der Waals surface area contributed by atoms with Crippen molar-refractivity contribution in [3.05, 3.63) is 89.7 Å². The van der Waals surface area contributed by atoms with Crippen LogP contribution in [0.5, 0.6) is 11.5 Å². The molecular weight excluding hydrogens is 389 g/mol. The zero-order chi connectivity index (χ0) is 20.5. The van der Waals surface area contributed by atoms with Crippen molar-refractivity contribution < 1.29 is 13.9 Å². The van der Waals surface area contributed by atoms with Crippen LogP contribution in [-0.2, 0) is 6.61 Å². The third kappa shape index (κ3) is 6.02. The Morgan fingerprint density at radius 1 is 1.03 bits per heavy atom. The van der Waals surface area contributed by atoms with Crippen LogP contribution < -0.4 is 20.2 Å². The highest BCUT2D eigenvalue weighted by Gasteiger charge is 2.07. The highest BCUT2D eigenvalue weighted by Crippen LogP contribution is 2.28. The molecule has 0 aliphatic heterocycles. The van der Waals surface area contributed by atoms with Gasteiger partial charge in [0.2, 0.25) is 0 Å². The summed E-state index contributed by atoms with van der Waals surface area (Å²) in [7, 11) is 1.55. The molecule has 0 aromatic heterocycles. The minimum atomic E-state index is -0.304. The quantitative estimate of drug-likeness (QED) is 0.336. The Morgan fingerprint density at radius 2 is 1.79 bits per heavy atom. The SMILES string of the molecule is COc1cc(/C=N\NC(=S)Nc2ccccc2)ccc1OCc1ccccc1F. The van der Waals surface area contributed by atoms with E-state index in [2.05, 4.69) is 15.8 Å². The minimum absolute atomic E-state index is 0.109. The summed E-state index contributed by atoms with van der Waals surface area (Å²) < 4.78 is 24.8. The molecule has 0 aliphatic rings. The van der Waals surface area contributed by atoms with Crippen LogP contribution in [0, 0.1) is 5.82 Å². The first-order valence-corrected chi connectivity index (χ1v) is 9.26. The van der Waals surface area contributed by atoms with Gasteiger partial charge in [0.05, 0.1) is 13.3 Å². The zero-order valence-corrected chi connectivity index (χ0v) is 16.6. The Balaban J connectivity index is 1.58. The standard InChI is InChI=1S/C22H20FN3O2S/c1-27-21-13-16(14-24-26-22(29)25-18-8-3-2-4-9-18)11-12-20(21)28-15-17-7-5-6-10-19(17)23/h2-14H,15H2,1H3,(H2,25,26,29)/b24-14-. The number of nitrogens with zero attached hydrogens (tertiary/aromatic N) is 1. The van der Waals surface area contributed by atoms with Gasteiger partial charge < -0.3 is 14.8 Å². The Labute approximate surface area is 174 Å². The first-order valence-electron chi connectivity index (χ1n) is 8.85. The minimum Gasteiger partial charge on any atom is -0.493 e. The number of hydrazone groups is 1. The second-order valence-electron chi connectivity index (χ2n) is 5.98. The molecule has 0 bridgehead atoms. The van der Waals surface area contributed by atoms with Gasteiger partial charge in [0.25, 0.3) is 0 Å². The van der Waals surface area contributed by atoms with E-state index in [4.69, 9.17) is 21.7 Å². The maximum Gasteiger partial charge on any atom is 0.191 e. The topological polar surface area (TPSA) is 54.9 Å². The number of hydrogen-bond donors (Lipinski definition) is 2. The van der Waals surface area contributed by atoms with Crippen LogP contribution in [0.15, 0.2) is 77.9 Å². The van der Waals surface area contributed by atoms with Crippen LogP contribution in [0.2, 0.25) is 0 Å². The fourth-order valence-electron chi connectivity index (χ4n) is 2.50. The summed E-state index contributed by atoms with van der Waals surface area (Å²) in [4.78, 5) is 0. The summed E-state index contributed by atoms with van der Waals surface area (Å²) in [6, 6.07) is 21.4. The van der Waals surface area contributed by atoms with E-state index in [1.54, 1.807) is 43.7 Å². The lowest BCUT2D eigenvalue weighted by Gasteiger charge is -2.12. The smallest absolute Gasteiger partial charge is 0.191 e. The van der Waals surface area contributed by atoms with Gasteiger partial charge >= 0.3 is 0 Å². The molecule has 5 nitrogen and oxygen atoms in total. The zero-order valence-electron chi connectivity index (χ0n) is 15.8. The molecule has 3 rings (SSSR count). The molecule has 3 aromatic rings. The van der Waals surface area contributed by atoms with Crippen molar-refractivity contribution in [2.24, 2.45) is 5.10 Å². The molecule has 3 aromatic carbocycles. The predicted octanol–water partition coefficient (Wildman–Crippen LogP) is 4.73. The maximum absolute atomic E-state index is 13.7. The van der Waals surface area contributed by atoms with Crippen LogP contribution in [0.25, 0.3) is 0 Å². The molecule has 7 heteroatoms. The lowest BCUT2D eigenvalue weighted by atomic mass is 10.2. The molecule has 0 fully saturated rings. The molecule has 0 spiro atoms. The van der Waals surface area contributed by atoms with Crippen LogP contribution in [-0.4, -0.2) is 18.4 Å². The third-order valence-corrected chi connectivity index (χ3v) is 4.13. The molecule has 0 saturated carbocycles. The first kappa shape index (κ1) is 20.3. The lowest BCUT2D eigenvalue weighted by molar-refractivity contribution is 0.279. The number of ether oxygens (including phenoxy) is 2. The van der Waals surface area contributed by atoms with Gasteiger partial charge in [0, 0.05) is 11.3 Å². The highest BCUT2D eigenvalue weighted by atomic mass is 32.1. The second kappa shape index (κ2) is 10.2. The van der Waals surface area contributed by atoms with Crippen molar-refractivity contribution in [2.75, 3.05) is 12.4 Å². The number of thiocarbonyl (C=S) groups is 1. The molecule has 0 atom stereocenters. The monoisotopic (exact) mass is 409 g/mol. The van der Waals surface area contributed by atoms with Crippen LogP contribution in [0.3, 0.4) is 0 Å². The van der Waals surface area contributed by atoms with Crippen LogP contribution in [0.1, 0.15) is 11.1 Å². The van der Waals surface area contributed by atoms with Gasteiger partial charge in [-0.25, -0.2) is 4.39 Å². The number of methoxy groups -OCH3 is 1. The summed E-state index contributed by atoms with van der Waals surface area (Å²) in [5, 5.41) is 7.53. The fraction of sp³-hybridized carbons (Fsp3) is 0.0909. The second-order valence-corrected chi connectivity index (χ2v) is 6.39. The van der Waals surface area contributed by atoms with Crippen molar-refractivity contribution in [2.45, 2.75) is 6.61 Å². The number of anilines is 1. The van der Waals surface area contributed by atoms with E-state index < -0.39 is 0 Å². The van der Waals surface area contributed by atoms with E-state index in [0.29, 0.717) is 22.2 Å². The first-order chi connectivity index (χ1) is 14.2. The van der Waals surface area contributed by atoms with Crippen LogP contribution in [0.4, 0.5) is 10.1 Å². The van der Waals surface area contributed by atoms with Gasteiger partial charge in [-0.1, -0.05) is 36.4 Å². The third-order valence-electron chi connectivity index (χ3n) is 3.94. The molecule has 2 N–H and O–H groups in total. The molecular formula is C22H20FN3O2S. The van der Waals surface area contributed by atoms with Crippen molar-refractivity contribution >= 4 is 29.2 Å². The molecule has 148 valence electrons. The summed E-state index contributed by atoms with van der Waals surface area (Å²) in [5.41, 5.74) is 4.90. The largest absolute Gasteiger partial charge is 0.493 e. The number of halogens is 1. The molecule has 29 heavy (non-hydrogen) atoms. The summed E-state index contributed by atoms with van der Waals surface area (Å²) in [5.74, 6) is 0.735. The van der Waals surface area contributed by atoms with E-state index in [-0.39, 0.29) is 12.4 Å². The van der Waals surface area contributed by atoms with Crippen molar-refractivity contribution in [1.29, 1.82) is 0 Å². The van der Waals surface area contributed by atoms with E-state index >= 15 is 0 Å². The van der Waals surface area contributed by atoms with Gasteiger partial charge in [-0.3, -0.25) is 5.43 Å². The molecule has 0 saturated heterocycles. The normalized spacial score (nSPS) is 10.6. The summed E-state index contributed by atoms with van der Waals surface area (Å²) in [6.07, 6.45) is 1.61. The number of rotatable bonds is 7. The van der Waals surface area contributed by atoms with Gasteiger partial charge in [0.1, 0.15) is 12.4 Å². The van der Waals surface area contributed by atoms with Crippen LogP contribution >= 0.6 is 12.2 Å². The van der Waals surface area contributed by atoms with E-state index in [9.17, 15) is 4.39 Å². The van der Waals surface area contributed by atoms with E-state index in [1.807, 2.05) is 36.4 Å². The fourth-order valence-corrected chi connectivity index (χ4v) is 2.67. The van der Waals surface area contributed by atoms with Crippen molar-refractivity contribution in [3.63, 3.8) is 0 Å². The number of nitrogens with one attached hydrogen (secondary N) is 2. The Hall–Kier alpha value is -3.45. The molecule has 0 unspecified atom stereocenters. The number of benzene rings is 3. The van der Waals surface area contributed by atoms with Gasteiger partial charge in [-0.05, 0) is 54.2 Å². The average molecular weight is 409 g/mol. The molecule has 0 radical (unpaired) electrons. The maximum atomic E-state index is 13.7. The number of para-hydroxylation sites is 1. The molecule has 0 heterocycles. The van der Waals surface area contributed by atoms with E-state index in [0.717, 1.165) is 11.3 Å². The van der Waals surface area contributed by atoms with Crippen molar-refractivity contribution in [1.82, 2.24) is 5.43 Å². The van der Waals surface area contributed by atoms with Gasteiger partial charge in [-0.15, -0.1) is 0 Å². The van der Waals surface area contributed by atoms with Crippen molar-refractivity contribution in [3.8, 4) is 11.5 Å². The molecule has 0 amide bonds. The predicted molar refractivity (Wildman–Crippen MR) is 117 cm³/mol. The summed E-state index contributed by atoms with van der Waals surface area (Å²) >= 11 is 5.20. The Bertz CT molecular complexity index is 996.